The van der Waals surface area contributed by atoms with Crippen LogP contribution in [0.15, 0.2) is 23.4 Å². The normalized spacial score (nSPS) is 14.0. The lowest BCUT2D eigenvalue weighted by molar-refractivity contribution is 0.700. The lowest BCUT2D eigenvalue weighted by atomic mass is 9.97. The van der Waals surface area contributed by atoms with Gasteiger partial charge in [-0.3, -0.25) is 0 Å². The SMILES string of the molecule is CSc1nc(Nc2cccc(C)c2C)c2c3c(sc2n1)CCCC3. The second-order valence-corrected chi connectivity index (χ2v) is 8.18. The molecule has 0 unspecified atom stereocenters. The van der Waals surface area contributed by atoms with Crippen LogP contribution in [0.2, 0.25) is 0 Å². The first-order valence-corrected chi connectivity index (χ1v) is 10.4. The van der Waals surface area contributed by atoms with Crippen molar-refractivity contribution in [2.45, 2.75) is 44.7 Å². The summed E-state index contributed by atoms with van der Waals surface area (Å²) in [4.78, 5) is 12.2. The number of hydrogen-bond donors (Lipinski definition) is 1. The highest BCUT2D eigenvalue weighted by atomic mass is 32.2. The minimum atomic E-state index is 0.842. The maximum absolute atomic E-state index is 4.81. The topological polar surface area (TPSA) is 37.8 Å². The Kier molecular flexibility index (Phi) is 4.22. The fraction of sp³-hybridized carbons (Fsp3) is 0.368. The van der Waals surface area contributed by atoms with Gasteiger partial charge >= 0.3 is 0 Å². The van der Waals surface area contributed by atoms with Crippen LogP contribution in [-0.4, -0.2) is 16.2 Å². The summed E-state index contributed by atoms with van der Waals surface area (Å²) in [6.07, 6.45) is 6.94. The summed E-state index contributed by atoms with van der Waals surface area (Å²) in [6.45, 7) is 4.31. The Morgan fingerprint density at radius 3 is 2.79 bits per heavy atom. The van der Waals surface area contributed by atoms with Crippen LogP contribution < -0.4 is 5.32 Å². The third-order valence-corrected chi connectivity index (χ3v) is 6.57. The van der Waals surface area contributed by atoms with Crippen molar-refractivity contribution in [1.82, 2.24) is 9.97 Å². The van der Waals surface area contributed by atoms with E-state index < -0.39 is 0 Å². The quantitative estimate of drug-likeness (QED) is 0.486. The first kappa shape index (κ1) is 15.9. The molecule has 0 bridgehead atoms. The highest BCUT2D eigenvalue weighted by Crippen LogP contribution is 2.40. The maximum atomic E-state index is 4.81. The average molecular weight is 356 g/mol. The number of fused-ring (bicyclic) bond motifs is 3. The molecule has 1 aliphatic rings. The molecule has 3 nitrogen and oxygen atoms in total. The van der Waals surface area contributed by atoms with Gasteiger partial charge in [0.15, 0.2) is 5.16 Å². The fourth-order valence-corrected chi connectivity index (χ4v) is 5.02. The van der Waals surface area contributed by atoms with E-state index in [0.29, 0.717) is 0 Å². The summed E-state index contributed by atoms with van der Waals surface area (Å²) in [6, 6.07) is 6.38. The van der Waals surface area contributed by atoms with Crippen molar-refractivity contribution >= 4 is 44.8 Å². The van der Waals surface area contributed by atoms with Gasteiger partial charge in [0.05, 0.1) is 5.39 Å². The number of aromatic nitrogens is 2. The van der Waals surface area contributed by atoms with E-state index in [1.165, 1.54) is 46.2 Å². The van der Waals surface area contributed by atoms with E-state index in [4.69, 9.17) is 9.97 Å². The van der Waals surface area contributed by atoms with Gasteiger partial charge < -0.3 is 5.32 Å². The van der Waals surface area contributed by atoms with E-state index in [9.17, 15) is 0 Å². The molecule has 0 saturated carbocycles. The molecule has 0 saturated heterocycles. The number of nitrogens with one attached hydrogen (secondary N) is 1. The summed E-state index contributed by atoms with van der Waals surface area (Å²) in [5.74, 6) is 0.970. The van der Waals surface area contributed by atoms with Gasteiger partial charge in [0.1, 0.15) is 10.6 Å². The summed E-state index contributed by atoms with van der Waals surface area (Å²) in [7, 11) is 0. The third kappa shape index (κ3) is 2.70. The van der Waals surface area contributed by atoms with Crippen molar-refractivity contribution in [3.63, 3.8) is 0 Å². The van der Waals surface area contributed by atoms with Crippen molar-refractivity contribution in [2.75, 3.05) is 11.6 Å². The van der Waals surface area contributed by atoms with Gasteiger partial charge in [-0.15, -0.1) is 11.3 Å². The van der Waals surface area contributed by atoms with Crippen LogP contribution in [-0.2, 0) is 12.8 Å². The van der Waals surface area contributed by atoms with Gasteiger partial charge in [0, 0.05) is 10.6 Å². The zero-order valence-corrected chi connectivity index (χ0v) is 15.9. The Balaban J connectivity index is 1.89. The molecule has 0 amide bonds. The molecule has 1 N–H and O–H groups in total. The van der Waals surface area contributed by atoms with E-state index in [2.05, 4.69) is 37.4 Å². The van der Waals surface area contributed by atoms with Crippen LogP contribution in [0.3, 0.4) is 0 Å². The van der Waals surface area contributed by atoms with Crippen molar-refractivity contribution in [3.05, 3.63) is 39.8 Å². The van der Waals surface area contributed by atoms with Gasteiger partial charge in [-0.05, 0) is 68.5 Å². The number of anilines is 2. The first-order chi connectivity index (χ1) is 11.7. The molecule has 1 aromatic carbocycles. The number of thiophene rings is 1. The lowest BCUT2D eigenvalue weighted by Gasteiger charge is -2.15. The van der Waals surface area contributed by atoms with Crippen molar-refractivity contribution in [3.8, 4) is 0 Å². The highest BCUT2D eigenvalue weighted by molar-refractivity contribution is 7.98. The average Bonchev–Trinajstić information content (AvgIpc) is 2.97. The highest BCUT2D eigenvalue weighted by Gasteiger charge is 2.21. The Hall–Kier alpha value is -1.59. The number of rotatable bonds is 3. The number of aryl methyl sites for hydroxylation is 3. The Morgan fingerprint density at radius 2 is 1.96 bits per heavy atom. The molecule has 0 atom stereocenters. The molecular weight excluding hydrogens is 334 g/mol. The van der Waals surface area contributed by atoms with E-state index >= 15 is 0 Å². The zero-order chi connectivity index (χ0) is 16.7. The first-order valence-electron chi connectivity index (χ1n) is 8.37. The van der Waals surface area contributed by atoms with Gasteiger partial charge in [0.2, 0.25) is 0 Å². The lowest BCUT2D eigenvalue weighted by Crippen LogP contribution is -2.03. The van der Waals surface area contributed by atoms with Gasteiger partial charge in [-0.1, -0.05) is 23.9 Å². The Bertz CT molecular complexity index is 915. The summed E-state index contributed by atoms with van der Waals surface area (Å²) >= 11 is 3.46. The van der Waals surface area contributed by atoms with Gasteiger partial charge in [0.25, 0.3) is 0 Å². The predicted molar refractivity (Wildman–Crippen MR) is 105 cm³/mol. The van der Waals surface area contributed by atoms with Crippen LogP contribution in [0.5, 0.6) is 0 Å². The maximum Gasteiger partial charge on any atom is 0.190 e. The monoisotopic (exact) mass is 355 g/mol. The standard InChI is InChI=1S/C19H21N3S2/c1-11-7-6-9-14(12(11)2)20-17-16-13-8-4-5-10-15(13)24-18(16)22-19(21-17)23-3/h6-7,9H,4-5,8,10H2,1-3H3,(H,20,21,22). The molecule has 2 aromatic heterocycles. The van der Waals surface area contributed by atoms with E-state index in [1.807, 2.05) is 17.6 Å². The molecule has 124 valence electrons. The summed E-state index contributed by atoms with van der Waals surface area (Å²) < 4.78 is 0. The number of hydrogen-bond acceptors (Lipinski definition) is 5. The van der Waals surface area contributed by atoms with Crippen molar-refractivity contribution in [1.29, 1.82) is 0 Å². The molecule has 0 fully saturated rings. The molecule has 0 radical (unpaired) electrons. The smallest absolute Gasteiger partial charge is 0.190 e. The molecule has 1 aliphatic carbocycles. The molecule has 24 heavy (non-hydrogen) atoms. The molecule has 3 aromatic rings. The third-order valence-electron chi connectivity index (χ3n) is 4.83. The molecule has 4 rings (SSSR count). The minimum Gasteiger partial charge on any atom is -0.339 e. The van der Waals surface area contributed by atoms with E-state index in [-0.39, 0.29) is 0 Å². The second kappa shape index (κ2) is 6.37. The molecule has 0 spiro atoms. The molecule has 0 aliphatic heterocycles. The van der Waals surface area contributed by atoms with E-state index in [1.54, 1.807) is 11.8 Å². The van der Waals surface area contributed by atoms with Crippen molar-refractivity contribution < 1.29 is 0 Å². The van der Waals surface area contributed by atoms with Gasteiger partial charge in [-0.25, -0.2) is 9.97 Å². The van der Waals surface area contributed by atoms with Crippen LogP contribution in [0.25, 0.3) is 10.2 Å². The zero-order valence-electron chi connectivity index (χ0n) is 14.3. The van der Waals surface area contributed by atoms with Crippen LogP contribution in [0.4, 0.5) is 11.5 Å². The summed E-state index contributed by atoms with van der Waals surface area (Å²) in [5.41, 5.74) is 5.18. The largest absolute Gasteiger partial charge is 0.339 e. The predicted octanol–water partition coefficient (Wildman–Crippen LogP) is 5.65. The number of benzene rings is 1. The Morgan fingerprint density at radius 1 is 1.12 bits per heavy atom. The number of nitrogens with zero attached hydrogens (tertiary/aromatic N) is 2. The number of thioether (sulfide) groups is 1. The van der Waals surface area contributed by atoms with Crippen LogP contribution >= 0.6 is 23.1 Å². The van der Waals surface area contributed by atoms with Crippen LogP contribution in [0.1, 0.15) is 34.4 Å². The summed E-state index contributed by atoms with van der Waals surface area (Å²) in [5, 5.41) is 5.69. The molecule has 2 heterocycles. The fourth-order valence-electron chi connectivity index (χ4n) is 3.33. The van der Waals surface area contributed by atoms with E-state index in [0.717, 1.165) is 27.9 Å². The molecule has 5 heteroatoms. The van der Waals surface area contributed by atoms with Gasteiger partial charge in [-0.2, -0.15) is 0 Å². The molecular formula is C19H21N3S2. The van der Waals surface area contributed by atoms with Crippen LogP contribution in [0, 0.1) is 13.8 Å². The second-order valence-electron chi connectivity index (χ2n) is 6.32. The Labute approximate surface area is 150 Å². The minimum absolute atomic E-state index is 0.842. The van der Waals surface area contributed by atoms with Crippen molar-refractivity contribution in [2.24, 2.45) is 0 Å².